The third-order valence-corrected chi connectivity index (χ3v) is 5.24. The van der Waals surface area contributed by atoms with E-state index in [0.29, 0.717) is 19.1 Å². The van der Waals surface area contributed by atoms with Crippen LogP contribution in [-0.4, -0.2) is 23.4 Å². The van der Waals surface area contributed by atoms with E-state index in [9.17, 15) is 5.11 Å². The summed E-state index contributed by atoms with van der Waals surface area (Å²) in [4.78, 5) is 0. The van der Waals surface area contributed by atoms with E-state index >= 15 is 0 Å². The van der Waals surface area contributed by atoms with E-state index in [1.165, 1.54) is 109 Å². The number of rotatable bonds is 20. The smallest absolute Gasteiger partial charge is 0.0459 e. The van der Waals surface area contributed by atoms with Crippen LogP contribution in [-0.2, 0) is 0 Å². The van der Waals surface area contributed by atoms with Crippen molar-refractivity contribution in [3.05, 3.63) is 0 Å². The highest BCUT2D eigenvalue weighted by atomic mass is 16.3. The minimum atomic E-state index is 0.344. The Morgan fingerprint density at radius 2 is 0.875 bits per heavy atom. The molecule has 0 aromatic heterocycles. The molecule has 0 radical (unpaired) electrons. The Bertz CT molecular complexity index is 218. The highest BCUT2D eigenvalue weighted by molar-refractivity contribution is 4.59. The second kappa shape index (κ2) is 21.0. The molecule has 0 aliphatic rings. The van der Waals surface area contributed by atoms with Crippen LogP contribution in [0.5, 0.6) is 0 Å². The zero-order valence-electron chi connectivity index (χ0n) is 16.6. The summed E-state index contributed by atoms with van der Waals surface area (Å²) in [5.41, 5.74) is 0. The standard InChI is InChI=1S/C22H46O2/c1-2-3-4-5-6-7-9-12-15-18-22(21-24)19-16-13-10-8-11-14-17-20-23/h22-24H,2-21H2,1H3. The van der Waals surface area contributed by atoms with Crippen LogP contribution in [0.4, 0.5) is 0 Å². The van der Waals surface area contributed by atoms with E-state index < -0.39 is 0 Å². The van der Waals surface area contributed by atoms with Gasteiger partial charge in [0.1, 0.15) is 0 Å². The third-order valence-electron chi connectivity index (χ3n) is 5.24. The topological polar surface area (TPSA) is 40.5 Å². The van der Waals surface area contributed by atoms with E-state index in [1.807, 2.05) is 0 Å². The van der Waals surface area contributed by atoms with Gasteiger partial charge < -0.3 is 10.2 Å². The Hall–Kier alpha value is -0.0800. The van der Waals surface area contributed by atoms with Crippen LogP contribution < -0.4 is 0 Å². The van der Waals surface area contributed by atoms with Gasteiger partial charge in [0.2, 0.25) is 0 Å². The van der Waals surface area contributed by atoms with Gasteiger partial charge in [-0.25, -0.2) is 0 Å². The monoisotopic (exact) mass is 342 g/mol. The van der Waals surface area contributed by atoms with E-state index in [0.717, 1.165) is 6.42 Å². The van der Waals surface area contributed by atoms with Gasteiger partial charge in [-0.2, -0.15) is 0 Å². The Morgan fingerprint density at radius 3 is 1.25 bits per heavy atom. The van der Waals surface area contributed by atoms with Crippen molar-refractivity contribution in [3.8, 4) is 0 Å². The van der Waals surface area contributed by atoms with Gasteiger partial charge in [-0.15, -0.1) is 0 Å². The molecule has 0 heterocycles. The fraction of sp³-hybridized carbons (Fsp3) is 1.00. The third kappa shape index (κ3) is 18.3. The summed E-state index contributed by atoms with van der Waals surface area (Å²) in [6.45, 7) is 3.00. The largest absolute Gasteiger partial charge is 0.396 e. The minimum Gasteiger partial charge on any atom is -0.396 e. The molecule has 0 aliphatic heterocycles. The first-order valence-corrected chi connectivity index (χ1v) is 11.1. The summed E-state index contributed by atoms with van der Waals surface area (Å²) in [5.74, 6) is 0.545. The fourth-order valence-corrected chi connectivity index (χ4v) is 3.50. The molecule has 0 spiro atoms. The first-order chi connectivity index (χ1) is 11.8. The molecule has 0 saturated carbocycles. The van der Waals surface area contributed by atoms with Gasteiger partial charge in [-0.05, 0) is 25.2 Å². The molecule has 1 atom stereocenters. The maximum absolute atomic E-state index is 9.53. The molecule has 146 valence electrons. The van der Waals surface area contributed by atoms with Crippen LogP contribution in [0.15, 0.2) is 0 Å². The lowest BCUT2D eigenvalue weighted by atomic mass is 9.95. The van der Waals surface area contributed by atoms with Crippen LogP contribution in [0.2, 0.25) is 0 Å². The number of unbranched alkanes of at least 4 members (excludes halogenated alkanes) is 14. The van der Waals surface area contributed by atoms with Crippen molar-refractivity contribution in [2.45, 2.75) is 122 Å². The average Bonchev–Trinajstić information content (AvgIpc) is 2.60. The molecule has 0 fully saturated rings. The summed E-state index contributed by atoms with van der Waals surface area (Å²) >= 11 is 0. The molecular formula is C22H46O2. The zero-order chi connectivity index (χ0) is 17.7. The molecule has 0 amide bonds. The van der Waals surface area contributed by atoms with Crippen LogP contribution in [0.1, 0.15) is 122 Å². The Kier molecular flexibility index (Phi) is 20.9. The number of aliphatic hydroxyl groups is 2. The number of hydrogen-bond acceptors (Lipinski definition) is 2. The van der Waals surface area contributed by atoms with Gasteiger partial charge in [-0.1, -0.05) is 103 Å². The molecular weight excluding hydrogens is 296 g/mol. The van der Waals surface area contributed by atoms with Gasteiger partial charge in [0.05, 0.1) is 0 Å². The van der Waals surface area contributed by atoms with Crippen LogP contribution in [0.3, 0.4) is 0 Å². The molecule has 2 heteroatoms. The van der Waals surface area contributed by atoms with Gasteiger partial charge in [0.25, 0.3) is 0 Å². The summed E-state index contributed by atoms with van der Waals surface area (Å²) < 4.78 is 0. The van der Waals surface area contributed by atoms with Gasteiger partial charge in [-0.3, -0.25) is 0 Å². The molecule has 0 aliphatic carbocycles. The Labute approximate surface area is 152 Å². The number of hydrogen-bond donors (Lipinski definition) is 2. The molecule has 1 unspecified atom stereocenters. The van der Waals surface area contributed by atoms with E-state index in [4.69, 9.17) is 5.11 Å². The van der Waals surface area contributed by atoms with Crippen LogP contribution in [0, 0.1) is 5.92 Å². The Morgan fingerprint density at radius 1 is 0.500 bits per heavy atom. The lowest BCUT2D eigenvalue weighted by Crippen LogP contribution is -2.06. The van der Waals surface area contributed by atoms with Crippen molar-refractivity contribution in [1.82, 2.24) is 0 Å². The summed E-state index contributed by atoms with van der Waals surface area (Å²) in [5, 5.41) is 18.3. The van der Waals surface area contributed by atoms with Crippen molar-refractivity contribution < 1.29 is 10.2 Å². The second-order valence-corrected chi connectivity index (χ2v) is 7.65. The molecule has 2 N–H and O–H groups in total. The lowest BCUT2D eigenvalue weighted by molar-refractivity contribution is 0.204. The molecule has 0 aromatic rings. The van der Waals surface area contributed by atoms with Crippen LogP contribution in [0.25, 0.3) is 0 Å². The molecule has 2 nitrogen and oxygen atoms in total. The first kappa shape index (κ1) is 23.9. The molecule has 0 saturated heterocycles. The molecule has 0 rings (SSSR count). The maximum Gasteiger partial charge on any atom is 0.0459 e. The highest BCUT2D eigenvalue weighted by Gasteiger charge is 2.06. The quantitative estimate of drug-likeness (QED) is 0.244. The second-order valence-electron chi connectivity index (χ2n) is 7.65. The predicted octanol–water partition coefficient (Wildman–Crippen LogP) is 6.63. The van der Waals surface area contributed by atoms with Crippen LogP contribution >= 0.6 is 0 Å². The highest BCUT2D eigenvalue weighted by Crippen LogP contribution is 2.19. The van der Waals surface area contributed by atoms with E-state index in [1.54, 1.807) is 0 Å². The SMILES string of the molecule is CCCCCCCCCCCC(CO)CCCCCCCCCO. The Balaban J connectivity index is 3.28. The first-order valence-electron chi connectivity index (χ1n) is 11.1. The fourth-order valence-electron chi connectivity index (χ4n) is 3.50. The van der Waals surface area contributed by atoms with E-state index in [-0.39, 0.29) is 0 Å². The molecule has 24 heavy (non-hydrogen) atoms. The minimum absolute atomic E-state index is 0.344. The van der Waals surface area contributed by atoms with Crippen molar-refractivity contribution >= 4 is 0 Å². The zero-order valence-corrected chi connectivity index (χ0v) is 16.6. The summed E-state index contributed by atoms with van der Waals surface area (Å²) in [6, 6.07) is 0. The number of aliphatic hydroxyl groups excluding tert-OH is 2. The van der Waals surface area contributed by atoms with Crippen molar-refractivity contribution in [2.24, 2.45) is 5.92 Å². The van der Waals surface area contributed by atoms with E-state index in [2.05, 4.69) is 6.92 Å². The maximum atomic E-state index is 9.53. The normalized spacial score (nSPS) is 12.6. The van der Waals surface area contributed by atoms with Gasteiger partial charge in [0, 0.05) is 13.2 Å². The van der Waals surface area contributed by atoms with Gasteiger partial charge in [0.15, 0.2) is 0 Å². The van der Waals surface area contributed by atoms with Crippen molar-refractivity contribution in [1.29, 1.82) is 0 Å². The van der Waals surface area contributed by atoms with Gasteiger partial charge >= 0.3 is 0 Å². The summed E-state index contributed by atoms with van der Waals surface area (Å²) in [7, 11) is 0. The van der Waals surface area contributed by atoms with Crippen molar-refractivity contribution in [3.63, 3.8) is 0 Å². The lowest BCUT2D eigenvalue weighted by Gasteiger charge is -2.13. The summed E-state index contributed by atoms with van der Waals surface area (Å²) in [6.07, 6.45) is 23.5. The van der Waals surface area contributed by atoms with Crippen molar-refractivity contribution in [2.75, 3.05) is 13.2 Å². The average molecular weight is 343 g/mol. The molecule has 0 aromatic carbocycles. The molecule has 0 bridgehead atoms. The predicted molar refractivity (Wildman–Crippen MR) is 106 cm³/mol.